The van der Waals surface area contributed by atoms with Crippen molar-refractivity contribution in [2.75, 3.05) is 5.01 Å². The first-order valence-corrected chi connectivity index (χ1v) is 9.00. The highest BCUT2D eigenvalue weighted by Crippen LogP contribution is 2.41. The number of benzene rings is 2. The van der Waals surface area contributed by atoms with Crippen LogP contribution in [-0.2, 0) is 9.59 Å². The first-order chi connectivity index (χ1) is 12.5. The second-order valence-corrected chi connectivity index (χ2v) is 7.41. The highest BCUT2D eigenvalue weighted by molar-refractivity contribution is 8.17. The minimum absolute atomic E-state index is 0.357. The predicted octanol–water partition coefficient (Wildman–Crippen LogP) is 3.35. The summed E-state index contributed by atoms with van der Waals surface area (Å²) in [4.78, 5) is 30.1. The minimum atomic E-state index is -1.42. The smallest absolute Gasteiger partial charge is 0.279 e. The van der Waals surface area contributed by atoms with Crippen molar-refractivity contribution in [1.82, 2.24) is 5.32 Å². The average molecular weight is 385 g/mol. The number of amides is 2. The Balaban J connectivity index is 1.67. The van der Waals surface area contributed by atoms with E-state index in [1.807, 2.05) is 18.2 Å². The van der Waals surface area contributed by atoms with Crippen LogP contribution >= 0.6 is 23.4 Å². The second-order valence-electron chi connectivity index (χ2n) is 5.77. The molecule has 2 aliphatic rings. The van der Waals surface area contributed by atoms with Crippen molar-refractivity contribution in [2.24, 2.45) is 10.1 Å². The molecule has 1 N–H and O–H groups in total. The number of amidine groups is 1. The standard InChI is InChI=1S/C18H13ClN4O2S/c1-11-18(16(25)23(22-11)14-5-3-2-4-6-14)15(24)21-17(26-18)20-13-9-7-12(19)8-10-13/h2-10H,1H3,(H,20,21,24). The average Bonchev–Trinajstić information content (AvgIpc) is 3.10. The Labute approximate surface area is 158 Å². The Kier molecular flexibility index (Phi) is 4.05. The van der Waals surface area contributed by atoms with Crippen LogP contribution in [0.15, 0.2) is 64.7 Å². The topological polar surface area (TPSA) is 74.1 Å². The summed E-state index contributed by atoms with van der Waals surface area (Å²) in [5.74, 6) is -0.829. The van der Waals surface area contributed by atoms with Gasteiger partial charge in [-0.15, -0.1) is 0 Å². The fourth-order valence-electron chi connectivity index (χ4n) is 2.78. The van der Waals surface area contributed by atoms with E-state index >= 15 is 0 Å². The van der Waals surface area contributed by atoms with Crippen LogP contribution in [0.25, 0.3) is 0 Å². The molecule has 1 atom stereocenters. The van der Waals surface area contributed by atoms with E-state index in [0.29, 0.717) is 27.3 Å². The molecule has 1 unspecified atom stereocenters. The lowest BCUT2D eigenvalue weighted by Crippen LogP contribution is -2.49. The van der Waals surface area contributed by atoms with Gasteiger partial charge in [-0.05, 0) is 43.3 Å². The van der Waals surface area contributed by atoms with E-state index in [1.165, 1.54) is 5.01 Å². The van der Waals surface area contributed by atoms with E-state index in [4.69, 9.17) is 11.6 Å². The second kappa shape index (κ2) is 6.26. The van der Waals surface area contributed by atoms with Gasteiger partial charge in [0.25, 0.3) is 11.8 Å². The largest absolute Gasteiger partial charge is 0.303 e. The van der Waals surface area contributed by atoms with Crippen molar-refractivity contribution in [3.8, 4) is 0 Å². The van der Waals surface area contributed by atoms with E-state index in [0.717, 1.165) is 11.8 Å². The number of nitrogens with one attached hydrogen (secondary N) is 1. The zero-order valence-corrected chi connectivity index (χ0v) is 15.2. The van der Waals surface area contributed by atoms with Crippen LogP contribution < -0.4 is 10.3 Å². The van der Waals surface area contributed by atoms with Gasteiger partial charge >= 0.3 is 0 Å². The van der Waals surface area contributed by atoms with Gasteiger partial charge in [0.1, 0.15) is 0 Å². The van der Waals surface area contributed by atoms with E-state index in [2.05, 4.69) is 15.4 Å². The number of hydrogen-bond acceptors (Lipinski definition) is 5. The molecule has 2 heterocycles. The molecule has 0 aliphatic carbocycles. The molecule has 1 fully saturated rings. The number of aliphatic imine (C=N–C) groups is 1. The van der Waals surface area contributed by atoms with E-state index in [1.54, 1.807) is 43.3 Å². The van der Waals surface area contributed by atoms with Gasteiger partial charge in [0.15, 0.2) is 5.17 Å². The molecule has 2 amide bonds. The fraction of sp³-hybridized carbons (Fsp3) is 0.111. The first kappa shape index (κ1) is 16.8. The molecule has 8 heteroatoms. The van der Waals surface area contributed by atoms with Crippen LogP contribution in [0.3, 0.4) is 0 Å². The molecule has 0 bridgehead atoms. The fourth-order valence-corrected chi connectivity index (χ4v) is 4.00. The van der Waals surface area contributed by atoms with Gasteiger partial charge in [-0.25, -0.2) is 4.99 Å². The highest BCUT2D eigenvalue weighted by atomic mass is 35.5. The van der Waals surface area contributed by atoms with Crippen molar-refractivity contribution in [1.29, 1.82) is 0 Å². The SMILES string of the molecule is CC1=NN(c2ccccc2)C(=O)C12SC(=Nc1ccc(Cl)cc1)NC2=O. The Morgan fingerprint density at radius 3 is 2.50 bits per heavy atom. The molecular weight excluding hydrogens is 372 g/mol. The lowest BCUT2D eigenvalue weighted by atomic mass is 10.0. The molecule has 130 valence electrons. The number of carbonyl (C=O) groups is 2. The first-order valence-electron chi connectivity index (χ1n) is 7.81. The number of carbonyl (C=O) groups excluding carboxylic acids is 2. The molecule has 2 aromatic carbocycles. The molecule has 0 aromatic heterocycles. The number of hydrazone groups is 1. The molecule has 1 spiro atoms. The molecule has 0 radical (unpaired) electrons. The van der Waals surface area contributed by atoms with E-state index in [9.17, 15) is 9.59 Å². The van der Waals surface area contributed by atoms with Crippen LogP contribution in [0.5, 0.6) is 0 Å². The van der Waals surface area contributed by atoms with Crippen LogP contribution in [0.2, 0.25) is 5.02 Å². The Hall–Kier alpha value is -2.64. The van der Waals surface area contributed by atoms with Crippen molar-refractivity contribution < 1.29 is 9.59 Å². The molecule has 0 saturated carbocycles. The van der Waals surface area contributed by atoms with Crippen molar-refractivity contribution in [3.63, 3.8) is 0 Å². The maximum Gasteiger partial charge on any atom is 0.279 e. The third kappa shape index (κ3) is 2.60. The van der Waals surface area contributed by atoms with Crippen molar-refractivity contribution in [2.45, 2.75) is 11.7 Å². The molecular formula is C18H13ClN4O2S. The summed E-state index contributed by atoms with van der Waals surface area (Å²) in [6.07, 6.45) is 0. The van der Waals surface area contributed by atoms with Crippen LogP contribution in [0.4, 0.5) is 11.4 Å². The summed E-state index contributed by atoms with van der Waals surface area (Å²) in [7, 11) is 0. The highest BCUT2D eigenvalue weighted by Gasteiger charge is 2.61. The lowest BCUT2D eigenvalue weighted by Gasteiger charge is -2.18. The van der Waals surface area contributed by atoms with Crippen LogP contribution in [0, 0.1) is 0 Å². The van der Waals surface area contributed by atoms with Gasteiger partial charge in [-0.2, -0.15) is 10.1 Å². The summed E-state index contributed by atoms with van der Waals surface area (Å²) in [5, 5.41) is 9.25. The zero-order chi connectivity index (χ0) is 18.3. The third-order valence-corrected chi connectivity index (χ3v) is 5.70. The lowest BCUT2D eigenvalue weighted by molar-refractivity contribution is -0.127. The van der Waals surface area contributed by atoms with Gasteiger partial charge in [-0.3, -0.25) is 9.59 Å². The monoisotopic (exact) mass is 384 g/mol. The maximum atomic E-state index is 13.1. The quantitative estimate of drug-likeness (QED) is 0.807. The van der Waals surface area contributed by atoms with Gasteiger partial charge < -0.3 is 5.32 Å². The number of hydrogen-bond donors (Lipinski definition) is 1. The Morgan fingerprint density at radius 1 is 1.12 bits per heavy atom. The number of para-hydroxylation sites is 1. The summed E-state index contributed by atoms with van der Waals surface area (Å²) in [6.45, 7) is 1.68. The Morgan fingerprint density at radius 2 is 1.81 bits per heavy atom. The zero-order valence-electron chi connectivity index (χ0n) is 13.6. The van der Waals surface area contributed by atoms with Crippen molar-refractivity contribution in [3.05, 3.63) is 59.6 Å². The normalized spacial score (nSPS) is 23.7. The molecule has 4 rings (SSSR count). The summed E-state index contributed by atoms with van der Waals surface area (Å²) in [6, 6.07) is 15.9. The maximum absolute atomic E-state index is 13.1. The number of rotatable bonds is 2. The molecule has 1 saturated heterocycles. The van der Waals surface area contributed by atoms with Crippen LogP contribution in [-0.4, -0.2) is 27.4 Å². The third-order valence-electron chi connectivity index (χ3n) is 4.10. The van der Waals surface area contributed by atoms with E-state index < -0.39 is 16.6 Å². The summed E-state index contributed by atoms with van der Waals surface area (Å²) in [5.41, 5.74) is 1.68. The van der Waals surface area contributed by atoms with Crippen LogP contribution in [0.1, 0.15) is 6.92 Å². The van der Waals surface area contributed by atoms with Gasteiger partial charge in [0.2, 0.25) is 4.75 Å². The van der Waals surface area contributed by atoms with E-state index in [-0.39, 0.29) is 0 Å². The summed E-state index contributed by atoms with van der Waals surface area (Å²) < 4.78 is -1.42. The number of nitrogens with zero attached hydrogens (tertiary/aromatic N) is 3. The molecule has 26 heavy (non-hydrogen) atoms. The molecule has 2 aliphatic heterocycles. The van der Waals surface area contributed by atoms with Gasteiger partial charge in [0.05, 0.1) is 17.1 Å². The predicted molar refractivity (Wildman–Crippen MR) is 104 cm³/mol. The molecule has 6 nitrogen and oxygen atoms in total. The van der Waals surface area contributed by atoms with Crippen molar-refractivity contribution >= 4 is 57.4 Å². The number of anilines is 1. The van der Waals surface area contributed by atoms with Gasteiger partial charge in [-0.1, -0.05) is 41.6 Å². The van der Waals surface area contributed by atoms with Gasteiger partial charge in [0, 0.05) is 5.02 Å². The number of thioether (sulfide) groups is 1. The summed E-state index contributed by atoms with van der Waals surface area (Å²) >= 11 is 6.95. The number of halogens is 1. The molecule has 2 aromatic rings. The minimum Gasteiger partial charge on any atom is -0.303 e. The Bertz CT molecular complexity index is 959.